The summed E-state index contributed by atoms with van der Waals surface area (Å²) in [5, 5.41) is 0. The molecule has 1 unspecified atom stereocenters. The molecule has 0 aliphatic rings. The zero-order valence-corrected chi connectivity index (χ0v) is 14.7. The average molecular weight is 325 g/mol. The molecule has 0 radical (unpaired) electrons. The van der Waals surface area contributed by atoms with Crippen molar-refractivity contribution in [3.8, 4) is 5.75 Å². The highest BCUT2D eigenvalue weighted by molar-refractivity contribution is 7.39. The Hall–Kier alpha value is -0.630. The normalized spacial score (nSPS) is 12.3. The van der Waals surface area contributed by atoms with E-state index >= 15 is 0 Å². The van der Waals surface area contributed by atoms with Gasteiger partial charge in [0.15, 0.2) is 0 Å². The summed E-state index contributed by atoms with van der Waals surface area (Å²) >= 11 is 0. The minimum Gasteiger partial charge on any atom is -0.776 e. The van der Waals surface area contributed by atoms with Crippen molar-refractivity contribution in [2.45, 2.75) is 71.1 Å². The van der Waals surface area contributed by atoms with Gasteiger partial charge in [0.05, 0.1) is 6.61 Å². The largest absolute Gasteiger partial charge is 0.776 e. The SMILES string of the molecule is CCCCCCCCCCCCOP([O-])Oc1ccccc1. The van der Waals surface area contributed by atoms with Crippen molar-refractivity contribution in [1.29, 1.82) is 0 Å². The molecule has 0 aromatic heterocycles. The molecule has 22 heavy (non-hydrogen) atoms. The van der Waals surface area contributed by atoms with Crippen molar-refractivity contribution >= 4 is 8.60 Å². The Balaban J connectivity index is 1.85. The van der Waals surface area contributed by atoms with E-state index in [4.69, 9.17) is 9.05 Å². The molecular formula is C18H30O3P-. The third-order valence-electron chi connectivity index (χ3n) is 3.62. The van der Waals surface area contributed by atoms with Crippen molar-refractivity contribution in [2.24, 2.45) is 0 Å². The van der Waals surface area contributed by atoms with E-state index in [0.29, 0.717) is 12.4 Å². The maximum atomic E-state index is 11.6. The van der Waals surface area contributed by atoms with E-state index in [1.165, 1.54) is 51.4 Å². The predicted molar refractivity (Wildman–Crippen MR) is 91.8 cm³/mol. The van der Waals surface area contributed by atoms with E-state index < -0.39 is 8.60 Å². The van der Waals surface area contributed by atoms with Gasteiger partial charge in [-0.2, -0.15) is 0 Å². The Labute approximate surface area is 137 Å². The van der Waals surface area contributed by atoms with Crippen LogP contribution in [-0.2, 0) is 4.52 Å². The number of hydrogen-bond donors (Lipinski definition) is 0. The lowest BCUT2D eigenvalue weighted by atomic mass is 10.1. The summed E-state index contributed by atoms with van der Waals surface area (Å²) in [5.74, 6) is 0.590. The van der Waals surface area contributed by atoms with Crippen LogP contribution in [0.25, 0.3) is 0 Å². The smallest absolute Gasteiger partial charge is 0.147 e. The second kappa shape index (κ2) is 14.0. The van der Waals surface area contributed by atoms with Crippen molar-refractivity contribution in [3.63, 3.8) is 0 Å². The first-order valence-corrected chi connectivity index (χ1v) is 9.75. The van der Waals surface area contributed by atoms with Crippen molar-refractivity contribution in [1.82, 2.24) is 0 Å². The molecule has 0 saturated heterocycles. The van der Waals surface area contributed by atoms with Gasteiger partial charge in [-0.15, -0.1) is 0 Å². The molecule has 1 rings (SSSR count). The lowest BCUT2D eigenvalue weighted by Crippen LogP contribution is -2.06. The molecule has 0 aliphatic carbocycles. The molecule has 0 bridgehead atoms. The minimum absolute atomic E-state index is 0.512. The van der Waals surface area contributed by atoms with Crippen LogP contribution in [0, 0.1) is 0 Å². The standard InChI is InChI=1S/C18H30O3P/c1-2-3-4-5-6-7-8-9-10-14-17-20-22(19)21-18-15-12-11-13-16-18/h11-13,15-16H,2-10,14,17H2,1H3/q-1. The summed E-state index contributed by atoms with van der Waals surface area (Å²) in [5.41, 5.74) is 0. The summed E-state index contributed by atoms with van der Waals surface area (Å²) in [4.78, 5) is 11.6. The Morgan fingerprint density at radius 1 is 0.818 bits per heavy atom. The van der Waals surface area contributed by atoms with Gasteiger partial charge in [0, 0.05) is 0 Å². The van der Waals surface area contributed by atoms with Crippen molar-refractivity contribution in [3.05, 3.63) is 30.3 Å². The summed E-state index contributed by atoms with van der Waals surface area (Å²) in [7, 11) is -2.04. The van der Waals surface area contributed by atoms with Crippen LogP contribution >= 0.6 is 8.60 Å². The quantitative estimate of drug-likeness (QED) is 0.331. The van der Waals surface area contributed by atoms with Gasteiger partial charge in [0.25, 0.3) is 0 Å². The van der Waals surface area contributed by atoms with Gasteiger partial charge in [-0.1, -0.05) is 82.9 Å². The molecule has 0 aliphatic heterocycles. The van der Waals surface area contributed by atoms with Crippen LogP contribution in [-0.4, -0.2) is 6.61 Å². The maximum absolute atomic E-state index is 11.6. The zero-order valence-electron chi connectivity index (χ0n) is 13.8. The number of unbranched alkanes of at least 4 members (excludes halogenated alkanes) is 9. The lowest BCUT2D eigenvalue weighted by molar-refractivity contribution is -0.196. The summed E-state index contributed by atoms with van der Waals surface area (Å²) < 4.78 is 10.4. The number of hydrogen-bond acceptors (Lipinski definition) is 3. The highest BCUT2D eigenvalue weighted by Gasteiger charge is 1.98. The van der Waals surface area contributed by atoms with Crippen LogP contribution in [0.2, 0.25) is 0 Å². The summed E-state index contributed by atoms with van der Waals surface area (Å²) in [6.07, 6.45) is 12.8. The van der Waals surface area contributed by atoms with Gasteiger partial charge in [-0.3, -0.25) is 0 Å². The second-order valence-electron chi connectivity index (χ2n) is 5.64. The van der Waals surface area contributed by atoms with E-state index in [2.05, 4.69) is 6.92 Å². The van der Waals surface area contributed by atoms with Crippen LogP contribution in [0.3, 0.4) is 0 Å². The average Bonchev–Trinajstić information content (AvgIpc) is 2.53. The van der Waals surface area contributed by atoms with Crippen LogP contribution < -0.4 is 9.42 Å². The monoisotopic (exact) mass is 325 g/mol. The molecule has 0 saturated carbocycles. The fraction of sp³-hybridized carbons (Fsp3) is 0.667. The van der Waals surface area contributed by atoms with Crippen LogP contribution in [0.4, 0.5) is 0 Å². The third-order valence-corrected chi connectivity index (χ3v) is 4.37. The van der Waals surface area contributed by atoms with Gasteiger partial charge < -0.3 is 13.9 Å². The molecule has 0 N–H and O–H groups in total. The molecule has 0 heterocycles. The number of benzene rings is 1. The molecule has 0 amide bonds. The molecule has 4 heteroatoms. The van der Waals surface area contributed by atoms with Crippen LogP contribution in [0.5, 0.6) is 5.75 Å². The highest BCUT2D eigenvalue weighted by atomic mass is 31.2. The Morgan fingerprint density at radius 3 is 1.95 bits per heavy atom. The van der Waals surface area contributed by atoms with E-state index in [-0.39, 0.29) is 0 Å². The topological polar surface area (TPSA) is 41.5 Å². The lowest BCUT2D eigenvalue weighted by Gasteiger charge is -2.22. The van der Waals surface area contributed by atoms with Crippen LogP contribution in [0.1, 0.15) is 71.1 Å². The molecule has 1 aromatic rings. The van der Waals surface area contributed by atoms with Crippen LogP contribution in [0.15, 0.2) is 30.3 Å². The minimum atomic E-state index is -2.04. The Kier molecular flexibility index (Phi) is 12.4. The van der Waals surface area contributed by atoms with Crippen molar-refractivity contribution < 1.29 is 13.9 Å². The van der Waals surface area contributed by atoms with E-state index in [0.717, 1.165) is 12.8 Å². The van der Waals surface area contributed by atoms with Gasteiger partial charge in [0.1, 0.15) is 14.4 Å². The highest BCUT2D eigenvalue weighted by Crippen LogP contribution is 2.30. The Morgan fingerprint density at radius 2 is 1.36 bits per heavy atom. The van der Waals surface area contributed by atoms with E-state index in [1.54, 1.807) is 12.1 Å². The molecule has 3 nitrogen and oxygen atoms in total. The number of rotatable bonds is 14. The number of para-hydroxylation sites is 1. The molecule has 0 fully saturated rings. The van der Waals surface area contributed by atoms with Gasteiger partial charge >= 0.3 is 0 Å². The zero-order chi connectivity index (χ0) is 15.9. The first kappa shape index (κ1) is 19.4. The third kappa shape index (κ3) is 11.0. The fourth-order valence-electron chi connectivity index (χ4n) is 2.32. The second-order valence-corrected chi connectivity index (χ2v) is 6.53. The summed E-state index contributed by atoms with van der Waals surface area (Å²) in [6.45, 7) is 2.76. The van der Waals surface area contributed by atoms with E-state index in [1.807, 2.05) is 18.2 Å². The Bertz CT molecular complexity index is 345. The van der Waals surface area contributed by atoms with E-state index in [9.17, 15) is 4.89 Å². The molecule has 1 atom stereocenters. The fourth-order valence-corrected chi connectivity index (χ4v) is 2.95. The van der Waals surface area contributed by atoms with Crippen molar-refractivity contribution in [2.75, 3.05) is 6.61 Å². The summed E-state index contributed by atoms with van der Waals surface area (Å²) in [6, 6.07) is 9.14. The molecule has 126 valence electrons. The molecular weight excluding hydrogens is 295 g/mol. The maximum Gasteiger partial charge on any atom is 0.147 e. The first-order valence-electron chi connectivity index (χ1n) is 8.66. The predicted octanol–water partition coefficient (Wildman–Crippen LogP) is 5.59. The van der Waals surface area contributed by atoms with Gasteiger partial charge in [-0.25, -0.2) is 0 Å². The van der Waals surface area contributed by atoms with Gasteiger partial charge in [0.2, 0.25) is 0 Å². The first-order chi connectivity index (χ1) is 10.8. The molecule has 0 spiro atoms. The molecule has 1 aromatic carbocycles. The van der Waals surface area contributed by atoms with Gasteiger partial charge in [-0.05, 0) is 18.6 Å².